The quantitative estimate of drug-likeness (QED) is 0.577. The number of nitrogens with one attached hydrogen (secondary N) is 1. The summed E-state index contributed by atoms with van der Waals surface area (Å²) in [5.41, 5.74) is 0. The molecule has 1 heterocycles. The van der Waals surface area contributed by atoms with E-state index >= 15 is 0 Å². The molecule has 8 nitrogen and oxygen atoms in total. The first kappa shape index (κ1) is 14.3. The maximum absolute atomic E-state index is 11.9. The van der Waals surface area contributed by atoms with E-state index in [2.05, 4.69) is 5.32 Å². The molecule has 0 aromatic heterocycles. The predicted octanol–water partition coefficient (Wildman–Crippen LogP) is -0.959. The lowest BCUT2D eigenvalue weighted by molar-refractivity contribution is -0.147. The van der Waals surface area contributed by atoms with E-state index in [4.69, 9.17) is 10.2 Å². The van der Waals surface area contributed by atoms with Crippen LogP contribution < -0.4 is 5.32 Å². The molecule has 1 aliphatic carbocycles. The molecule has 3 N–H and O–H groups in total. The van der Waals surface area contributed by atoms with Crippen molar-refractivity contribution in [2.45, 2.75) is 37.8 Å². The topological polar surface area (TPSA) is 124 Å². The van der Waals surface area contributed by atoms with E-state index in [9.17, 15) is 19.2 Å². The zero-order valence-corrected chi connectivity index (χ0v) is 10.7. The summed E-state index contributed by atoms with van der Waals surface area (Å²) in [7, 11) is 0. The molecule has 0 aromatic rings. The predicted molar refractivity (Wildman–Crippen MR) is 64.7 cm³/mol. The molecule has 2 atom stereocenters. The monoisotopic (exact) mass is 284 g/mol. The molecule has 0 spiro atoms. The van der Waals surface area contributed by atoms with Gasteiger partial charge in [-0.05, 0) is 12.8 Å². The van der Waals surface area contributed by atoms with Crippen molar-refractivity contribution in [1.29, 1.82) is 0 Å². The molecule has 2 amide bonds. The van der Waals surface area contributed by atoms with Gasteiger partial charge in [-0.25, -0.2) is 4.79 Å². The van der Waals surface area contributed by atoms with Crippen LogP contribution in [0.15, 0.2) is 0 Å². The van der Waals surface area contributed by atoms with Crippen LogP contribution in [0.4, 0.5) is 0 Å². The van der Waals surface area contributed by atoms with E-state index in [0.717, 1.165) is 12.8 Å². The van der Waals surface area contributed by atoms with Gasteiger partial charge < -0.3 is 20.4 Å². The third-order valence-corrected chi connectivity index (χ3v) is 3.51. The van der Waals surface area contributed by atoms with Crippen LogP contribution >= 0.6 is 0 Å². The van der Waals surface area contributed by atoms with Crippen molar-refractivity contribution in [2.24, 2.45) is 5.92 Å². The summed E-state index contributed by atoms with van der Waals surface area (Å²) in [6, 6.07) is -1.25. The molecule has 1 aliphatic heterocycles. The molecule has 0 bridgehead atoms. The molecule has 1 saturated carbocycles. The summed E-state index contributed by atoms with van der Waals surface area (Å²) in [6.45, 7) is 0.286. The van der Waals surface area contributed by atoms with Gasteiger partial charge in [0.2, 0.25) is 11.8 Å². The van der Waals surface area contributed by atoms with Crippen LogP contribution in [0, 0.1) is 5.92 Å². The standard InChI is InChI=1S/C12H16N2O6/c15-9-3-6(5-14(9)7-1-2-7)11(18)13-8(12(19)20)4-10(16)17/h6-8H,1-5H2,(H,13,18)(H,16,17)(H,19,20)/t6?,8-/m0/s1. The van der Waals surface area contributed by atoms with Crippen molar-refractivity contribution in [3.05, 3.63) is 0 Å². The second-order valence-corrected chi connectivity index (χ2v) is 5.18. The van der Waals surface area contributed by atoms with E-state index < -0.39 is 36.2 Å². The first-order valence-electron chi connectivity index (χ1n) is 6.43. The van der Waals surface area contributed by atoms with Crippen LogP contribution in [0.3, 0.4) is 0 Å². The van der Waals surface area contributed by atoms with Crippen LogP contribution in [0.1, 0.15) is 25.7 Å². The van der Waals surface area contributed by atoms with Crippen LogP contribution in [-0.4, -0.2) is 57.5 Å². The Labute approximate surface area is 114 Å². The molecular weight excluding hydrogens is 268 g/mol. The van der Waals surface area contributed by atoms with Gasteiger partial charge in [-0.2, -0.15) is 0 Å². The van der Waals surface area contributed by atoms with E-state index in [0.29, 0.717) is 0 Å². The highest BCUT2D eigenvalue weighted by Gasteiger charge is 2.42. The fourth-order valence-corrected chi connectivity index (χ4v) is 2.31. The van der Waals surface area contributed by atoms with Crippen LogP contribution in [0.5, 0.6) is 0 Å². The Balaban J connectivity index is 1.92. The molecule has 2 aliphatic rings. The molecule has 1 unspecified atom stereocenters. The zero-order chi connectivity index (χ0) is 14.9. The number of carboxylic acid groups (broad SMARTS) is 2. The normalized spacial score (nSPS) is 23.5. The molecule has 1 saturated heterocycles. The average Bonchev–Trinajstić information content (AvgIpc) is 3.11. The third kappa shape index (κ3) is 3.25. The minimum Gasteiger partial charge on any atom is -0.481 e. The Hall–Kier alpha value is -2.12. The summed E-state index contributed by atoms with van der Waals surface area (Å²) >= 11 is 0. The minimum absolute atomic E-state index is 0.0573. The molecule has 110 valence electrons. The number of hydrogen-bond donors (Lipinski definition) is 3. The Morgan fingerprint density at radius 1 is 1.30 bits per heavy atom. The Kier molecular flexibility index (Phi) is 3.91. The maximum Gasteiger partial charge on any atom is 0.326 e. The van der Waals surface area contributed by atoms with Gasteiger partial charge in [-0.15, -0.1) is 0 Å². The molecule has 0 aromatic carbocycles. The zero-order valence-electron chi connectivity index (χ0n) is 10.7. The van der Waals surface area contributed by atoms with Crippen molar-refractivity contribution in [3.63, 3.8) is 0 Å². The van der Waals surface area contributed by atoms with Gasteiger partial charge in [0.1, 0.15) is 6.04 Å². The molecular formula is C12H16N2O6. The number of rotatable bonds is 6. The highest BCUT2D eigenvalue weighted by Crippen LogP contribution is 2.32. The lowest BCUT2D eigenvalue weighted by Crippen LogP contribution is -2.45. The molecule has 20 heavy (non-hydrogen) atoms. The lowest BCUT2D eigenvalue weighted by atomic mass is 10.1. The number of carbonyl (C=O) groups excluding carboxylic acids is 2. The first-order valence-corrected chi connectivity index (χ1v) is 6.43. The van der Waals surface area contributed by atoms with E-state index in [1.54, 1.807) is 4.90 Å². The fourth-order valence-electron chi connectivity index (χ4n) is 2.31. The van der Waals surface area contributed by atoms with Gasteiger partial charge in [-0.1, -0.05) is 0 Å². The minimum atomic E-state index is -1.47. The fraction of sp³-hybridized carbons (Fsp3) is 0.667. The number of aliphatic carboxylic acids is 2. The Morgan fingerprint density at radius 2 is 1.95 bits per heavy atom. The van der Waals surface area contributed by atoms with Crippen molar-refractivity contribution >= 4 is 23.8 Å². The number of amides is 2. The van der Waals surface area contributed by atoms with Crippen LogP contribution in [0.2, 0.25) is 0 Å². The van der Waals surface area contributed by atoms with Gasteiger partial charge in [0.15, 0.2) is 0 Å². The van der Waals surface area contributed by atoms with Gasteiger partial charge in [0, 0.05) is 19.0 Å². The summed E-state index contributed by atoms with van der Waals surface area (Å²) < 4.78 is 0. The van der Waals surface area contributed by atoms with Crippen LogP contribution in [-0.2, 0) is 19.2 Å². The highest BCUT2D eigenvalue weighted by atomic mass is 16.4. The SMILES string of the molecule is O=C(O)C[C@H](NC(=O)C1CC(=O)N(C2CC2)C1)C(=O)O. The number of hydrogen-bond acceptors (Lipinski definition) is 4. The number of carbonyl (C=O) groups is 4. The van der Waals surface area contributed by atoms with E-state index in [1.165, 1.54) is 0 Å². The summed E-state index contributed by atoms with van der Waals surface area (Å²) in [4.78, 5) is 46.7. The summed E-state index contributed by atoms with van der Waals surface area (Å²) in [6.07, 6.45) is 1.25. The van der Waals surface area contributed by atoms with Crippen LogP contribution in [0.25, 0.3) is 0 Å². The Bertz CT molecular complexity index is 459. The molecule has 8 heteroatoms. The second-order valence-electron chi connectivity index (χ2n) is 5.18. The first-order chi connectivity index (χ1) is 9.38. The van der Waals surface area contributed by atoms with E-state index in [-0.39, 0.29) is 24.9 Å². The molecule has 2 rings (SSSR count). The average molecular weight is 284 g/mol. The Morgan fingerprint density at radius 3 is 2.45 bits per heavy atom. The lowest BCUT2D eigenvalue weighted by Gasteiger charge is -2.17. The number of carboxylic acids is 2. The summed E-state index contributed by atoms with van der Waals surface area (Å²) in [5, 5.41) is 19.7. The van der Waals surface area contributed by atoms with Gasteiger partial charge in [0.25, 0.3) is 0 Å². The highest BCUT2D eigenvalue weighted by molar-refractivity contribution is 5.92. The van der Waals surface area contributed by atoms with E-state index in [1.807, 2.05) is 0 Å². The number of nitrogens with zero attached hydrogens (tertiary/aromatic N) is 1. The van der Waals surface area contributed by atoms with Gasteiger partial charge in [-0.3, -0.25) is 14.4 Å². The second kappa shape index (κ2) is 5.48. The number of likely N-dealkylation sites (tertiary alicyclic amines) is 1. The van der Waals surface area contributed by atoms with Crippen molar-refractivity contribution in [3.8, 4) is 0 Å². The smallest absolute Gasteiger partial charge is 0.326 e. The maximum atomic E-state index is 11.9. The van der Waals surface area contributed by atoms with Crippen molar-refractivity contribution in [2.75, 3.05) is 6.54 Å². The van der Waals surface area contributed by atoms with Crippen molar-refractivity contribution < 1.29 is 29.4 Å². The molecule has 2 fully saturated rings. The van der Waals surface area contributed by atoms with Gasteiger partial charge in [0.05, 0.1) is 12.3 Å². The van der Waals surface area contributed by atoms with Crippen molar-refractivity contribution in [1.82, 2.24) is 10.2 Å². The third-order valence-electron chi connectivity index (χ3n) is 3.51. The largest absolute Gasteiger partial charge is 0.481 e. The molecule has 0 radical (unpaired) electrons. The summed E-state index contributed by atoms with van der Waals surface area (Å²) in [5.74, 6) is -3.98. The van der Waals surface area contributed by atoms with Gasteiger partial charge >= 0.3 is 11.9 Å².